The zero-order valence-corrected chi connectivity index (χ0v) is 15.8. The number of hydrogen-bond acceptors (Lipinski definition) is 2. The molecule has 4 aromatic rings. The van der Waals surface area contributed by atoms with Crippen molar-refractivity contribution in [1.29, 1.82) is 0 Å². The first kappa shape index (κ1) is 17.7. The molecule has 0 atom stereocenters. The molecule has 0 fully saturated rings. The first-order valence-electron chi connectivity index (χ1n) is 9.08. The minimum absolute atomic E-state index is 0.258. The Kier molecular flexibility index (Phi) is 4.53. The molecule has 4 heteroatoms. The van der Waals surface area contributed by atoms with Crippen molar-refractivity contribution in [2.75, 3.05) is 0 Å². The van der Waals surface area contributed by atoms with Gasteiger partial charge in [0.1, 0.15) is 0 Å². The van der Waals surface area contributed by atoms with Crippen LogP contribution < -0.4 is 0 Å². The number of carboxylic acids is 1. The van der Waals surface area contributed by atoms with Crippen LogP contribution in [0.1, 0.15) is 27.3 Å². The van der Waals surface area contributed by atoms with Crippen LogP contribution in [-0.2, 0) is 0 Å². The van der Waals surface area contributed by atoms with E-state index in [0.29, 0.717) is 0 Å². The average molecular weight is 368 g/mol. The standard InChI is InChI=1S/C24H20N2O2/c1-16-13-21(15-25-22-10-7-19(8-11-22)24(27)28)17(2)26(16)23-12-9-18-5-3-4-6-20(18)14-23/h3-15H,1-2H3,(H,27,28). The Balaban J connectivity index is 1.67. The molecule has 0 radical (unpaired) electrons. The van der Waals surface area contributed by atoms with Gasteiger partial charge in [0, 0.05) is 28.9 Å². The second-order valence-corrected chi connectivity index (χ2v) is 6.80. The second kappa shape index (κ2) is 7.16. The van der Waals surface area contributed by atoms with Gasteiger partial charge in [0.15, 0.2) is 0 Å². The Morgan fingerprint density at radius 3 is 2.36 bits per heavy atom. The molecule has 138 valence electrons. The van der Waals surface area contributed by atoms with Crippen LogP contribution in [0, 0.1) is 13.8 Å². The van der Waals surface area contributed by atoms with Crippen molar-refractivity contribution < 1.29 is 9.90 Å². The highest BCUT2D eigenvalue weighted by atomic mass is 16.4. The van der Waals surface area contributed by atoms with Crippen molar-refractivity contribution in [2.24, 2.45) is 4.99 Å². The highest BCUT2D eigenvalue weighted by molar-refractivity contribution is 5.89. The van der Waals surface area contributed by atoms with Crippen LogP contribution in [0.15, 0.2) is 77.8 Å². The Morgan fingerprint density at radius 1 is 0.929 bits per heavy atom. The molecule has 0 saturated carbocycles. The highest BCUT2D eigenvalue weighted by Gasteiger charge is 2.10. The van der Waals surface area contributed by atoms with E-state index >= 15 is 0 Å². The molecule has 0 unspecified atom stereocenters. The summed E-state index contributed by atoms with van der Waals surface area (Å²) in [6.07, 6.45) is 1.83. The van der Waals surface area contributed by atoms with E-state index in [9.17, 15) is 4.79 Å². The lowest BCUT2D eigenvalue weighted by Gasteiger charge is -2.11. The van der Waals surface area contributed by atoms with Crippen LogP contribution >= 0.6 is 0 Å². The van der Waals surface area contributed by atoms with Crippen molar-refractivity contribution in [1.82, 2.24) is 4.57 Å². The van der Waals surface area contributed by atoms with Crippen molar-refractivity contribution in [3.05, 3.63) is 95.3 Å². The summed E-state index contributed by atoms with van der Waals surface area (Å²) in [5, 5.41) is 11.4. The van der Waals surface area contributed by atoms with Crippen LogP contribution in [-0.4, -0.2) is 21.9 Å². The molecule has 0 spiro atoms. The maximum Gasteiger partial charge on any atom is 0.335 e. The highest BCUT2D eigenvalue weighted by Crippen LogP contribution is 2.24. The van der Waals surface area contributed by atoms with E-state index < -0.39 is 5.97 Å². The third-order valence-electron chi connectivity index (χ3n) is 4.93. The van der Waals surface area contributed by atoms with E-state index in [1.165, 1.54) is 10.8 Å². The Bertz CT molecular complexity index is 1200. The van der Waals surface area contributed by atoms with Crippen LogP contribution in [0.5, 0.6) is 0 Å². The molecule has 28 heavy (non-hydrogen) atoms. The first-order valence-corrected chi connectivity index (χ1v) is 9.08. The fourth-order valence-electron chi connectivity index (χ4n) is 3.47. The van der Waals surface area contributed by atoms with Gasteiger partial charge in [-0.3, -0.25) is 4.99 Å². The third-order valence-corrected chi connectivity index (χ3v) is 4.93. The summed E-state index contributed by atoms with van der Waals surface area (Å²) >= 11 is 0. The average Bonchev–Trinajstić information content (AvgIpc) is 2.99. The largest absolute Gasteiger partial charge is 0.478 e. The normalized spacial score (nSPS) is 11.4. The number of hydrogen-bond donors (Lipinski definition) is 1. The zero-order valence-electron chi connectivity index (χ0n) is 15.8. The van der Waals surface area contributed by atoms with Gasteiger partial charge in [0.25, 0.3) is 0 Å². The van der Waals surface area contributed by atoms with Crippen molar-refractivity contribution in [3.8, 4) is 5.69 Å². The van der Waals surface area contributed by atoms with E-state index in [2.05, 4.69) is 65.9 Å². The fraction of sp³-hybridized carbons (Fsp3) is 0.0833. The molecule has 1 aromatic heterocycles. The molecule has 0 aliphatic carbocycles. The summed E-state index contributed by atoms with van der Waals surface area (Å²) in [4.78, 5) is 15.5. The van der Waals surface area contributed by atoms with Crippen molar-refractivity contribution in [2.45, 2.75) is 13.8 Å². The number of aromatic nitrogens is 1. The van der Waals surface area contributed by atoms with Gasteiger partial charge in [-0.1, -0.05) is 30.3 Å². The number of aryl methyl sites for hydroxylation is 1. The van der Waals surface area contributed by atoms with Gasteiger partial charge < -0.3 is 9.67 Å². The number of rotatable bonds is 4. The van der Waals surface area contributed by atoms with E-state index in [0.717, 1.165) is 28.3 Å². The molecular weight excluding hydrogens is 348 g/mol. The smallest absolute Gasteiger partial charge is 0.335 e. The fourth-order valence-corrected chi connectivity index (χ4v) is 3.47. The van der Waals surface area contributed by atoms with Gasteiger partial charge in [-0.05, 0) is 67.1 Å². The zero-order chi connectivity index (χ0) is 19.7. The number of carbonyl (C=O) groups is 1. The monoisotopic (exact) mass is 368 g/mol. The quantitative estimate of drug-likeness (QED) is 0.470. The predicted molar refractivity (Wildman–Crippen MR) is 113 cm³/mol. The molecule has 4 rings (SSSR count). The number of fused-ring (bicyclic) bond motifs is 1. The summed E-state index contributed by atoms with van der Waals surface area (Å²) in [7, 11) is 0. The van der Waals surface area contributed by atoms with Crippen LogP contribution in [0.25, 0.3) is 16.5 Å². The Morgan fingerprint density at radius 2 is 1.64 bits per heavy atom. The first-order chi connectivity index (χ1) is 13.5. The molecule has 4 nitrogen and oxygen atoms in total. The molecule has 0 saturated heterocycles. The Labute approximate surface area is 163 Å². The molecular formula is C24H20N2O2. The summed E-state index contributed by atoms with van der Waals surface area (Å²) in [6.45, 7) is 4.16. The lowest BCUT2D eigenvalue weighted by Crippen LogP contribution is -1.99. The molecule has 0 amide bonds. The number of aliphatic imine (C=N–C) groups is 1. The second-order valence-electron chi connectivity index (χ2n) is 6.80. The Hall–Kier alpha value is -3.66. The molecule has 1 N–H and O–H groups in total. The number of nitrogens with zero attached hydrogens (tertiary/aromatic N) is 2. The van der Waals surface area contributed by atoms with Gasteiger partial charge in [0.05, 0.1) is 11.3 Å². The van der Waals surface area contributed by atoms with Crippen molar-refractivity contribution >= 4 is 28.6 Å². The maximum atomic E-state index is 11.0. The topological polar surface area (TPSA) is 54.6 Å². The van der Waals surface area contributed by atoms with Crippen LogP contribution in [0.3, 0.4) is 0 Å². The molecule has 3 aromatic carbocycles. The number of carboxylic acid groups (broad SMARTS) is 1. The summed E-state index contributed by atoms with van der Waals surface area (Å²) in [5.74, 6) is -0.936. The van der Waals surface area contributed by atoms with Gasteiger partial charge in [0.2, 0.25) is 0 Å². The van der Waals surface area contributed by atoms with E-state index in [-0.39, 0.29) is 5.56 Å². The number of benzene rings is 3. The minimum Gasteiger partial charge on any atom is -0.478 e. The maximum absolute atomic E-state index is 11.0. The summed E-state index contributed by atoms with van der Waals surface area (Å²) in [5.41, 5.74) is 5.38. The summed E-state index contributed by atoms with van der Waals surface area (Å²) in [6, 6.07) is 23.5. The van der Waals surface area contributed by atoms with Gasteiger partial charge >= 0.3 is 5.97 Å². The molecule has 0 aliphatic heterocycles. The van der Waals surface area contributed by atoms with Gasteiger partial charge in [-0.2, -0.15) is 0 Å². The van der Waals surface area contributed by atoms with Gasteiger partial charge in [-0.15, -0.1) is 0 Å². The van der Waals surface area contributed by atoms with Crippen molar-refractivity contribution in [3.63, 3.8) is 0 Å². The molecule has 0 bridgehead atoms. The molecule has 0 aliphatic rings. The third kappa shape index (κ3) is 3.32. The minimum atomic E-state index is -0.936. The van der Waals surface area contributed by atoms with E-state index in [1.54, 1.807) is 24.3 Å². The van der Waals surface area contributed by atoms with Crippen LogP contribution in [0.4, 0.5) is 5.69 Å². The van der Waals surface area contributed by atoms with Crippen LogP contribution in [0.2, 0.25) is 0 Å². The lowest BCUT2D eigenvalue weighted by molar-refractivity contribution is 0.0697. The molecule has 1 heterocycles. The van der Waals surface area contributed by atoms with Gasteiger partial charge in [-0.25, -0.2) is 4.79 Å². The number of aromatic carboxylic acids is 1. The SMILES string of the molecule is Cc1cc(C=Nc2ccc(C(=O)O)cc2)c(C)n1-c1ccc2ccccc2c1. The predicted octanol–water partition coefficient (Wildman–Crippen LogP) is 5.70. The summed E-state index contributed by atoms with van der Waals surface area (Å²) < 4.78 is 2.22. The lowest BCUT2D eigenvalue weighted by atomic mass is 10.1. The van der Waals surface area contributed by atoms with E-state index in [4.69, 9.17) is 5.11 Å². The van der Waals surface area contributed by atoms with E-state index in [1.807, 2.05) is 12.3 Å².